The molecule has 1 aromatic rings. The molecule has 1 saturated heterocycles. The summed E-state index contributed by atoms with van der Waals surface area (Å²) in [6.07, 6.45) is 2.95. The van der Waals surface area contributed by atoms with Crippen LogP contribution in [0.5, 0.6) is 5.75 Å². The number of para-hydroxylation sites is 1. The number of nitrogens with one attached hydrogen (secondary N) is 2. The molecule has 2 rings (SSSR count). The van der Waals surface area contributed by atoms with Gasteiger partial charge in [0, 0.05) is 18.7 Å². The minimum absolute atomic E-state index is 0.156. The van der Waals surface area contributed by atoms with E-state index in [-0.39, 0.29) is 17.7 Å². The Bertz CT molecular complexity index is 496. The van der Waals surface area contributed by atoms with E-state index >= 15 is 0 Å². The number of carbonyl (C=O) groups excluding carboxylic acids is 1. The molecule has 2 amide bonds. The van der Waals surface area contributed by atoms with E-state index in [0.717, 1.165) is 30.8 Å². The Morgan fingerprint density at radius 3 is 2.86 bits per heavy atom. The van der Waals surface area contributed by atoms with Crippen molar-refractivity contribution in [2.75, 3.05) is 20.3 Å². The van der Waals surface area contributed by atoms with Crippen molar-refractivity contribution in [2.24, 2.45) is 0 Å². The third kappa shape index (κ3) is 4.91. The summed E-state index contributed by atoms with van der Waals surface area (Å²) in [6, 6.07) is 7.72. The molecule has 0 saturated carbocycles. The number of amides is 2. The van der Waals surface area contributed by atoms with E-state index in [9.17, 15) is 4.79 Å². The molecule has 1 heterocycles. The predicted octanol–water partition coefficient (Wildman–Crippen LogP) is 2.49. The van der Waals surface area contributed by atoms with Crippen LogP contribution in [0.15, 0.2) is 24.3 Å². The second-order valence-electron chi connectivity index (χ2n) is 6.34. The maximum Gasteiger partial charge on any atom is 0.315 e. The van der Waals surface area contributed by atoms with Crippen LogP contribution in [0.3, 0.4) is 0 Å². The molecule has 2 N–H and O–H groups in total. The number of benzene rings is 1. The van der Waals surface area contributed by atoms with Crippen LogP contribution >= 0.6 is 0 Å². The first-order chi connectivity index (χ1) is 10.5. The van der Waals surface area contributed by atoms with Crippen molar-refractivity contribution in [1.82, 2.24) is 10.6 Å². The molecule has 5 heteroatoms. The number of hydrogen-bond donors (Lipinski definition) is 2. The van der Waals surface area contributed by atoms with Gasteiger partial charge in [0.2, 0.25) is 0 Å². The first kappa shape index (κ1) is 16.6. The molecule has 1 atom stereocenters. The summed E-state index contributed by atoms with van der Waals surface area (Å²) < 4.78 is 10.9. The third-order valence-electron chi connectivity index (χ3n) is 3.79. The van der Waals surface area contributed by atoms with Gasteiger partial charge in [-0.1, -0.05) is 18.2 Å². The number of carbonyl (C=O) groups is 1. The van der Waals surface area contributed by atoms with Gasteiger partial charge in [-0.15, -0.1) is 0 Å². The Morgan fingerprint density at radius 1 is 1.41 bits per heavy atom. The van der Waals surface area contributed by atoms with Crippen molar-refractivity contribution in [3.63, 3.8) is 0 Å². The lowest BCUT2D eigenvalue weighted by Gasteiger charge is -2.27. The zero-order valence-electron chi connectivity index (χ0n) is 13.6. The fourth-order valence-corrected chi connectivity index (χ4v) is 2.73. The van der Waals surface area contributed by atoms with Crippen LogP contribution in [-0.4, -0.2) is 37.9 Å². The zero-order chi connectivity index (χ0) is 16.0. The SMILES string of the molecule is COc1ccccc1CC(C)(C)NC(=O)NC[C@@H]1CCCO1. The third-order valence-corrected chi connectivity index (χ3v) is 3.79. The quantitative estimate of drug-likeness (QED) is 0.849. The number of hydrogen-bond acceptors (Lipinski definition) is 3. The summed E-state index contributed by atoms with van der Waals surface area (Å²) in [7, 11) is 1.66. The Balaban J connectivity index is 1.85. The van der Waals surface area contributed by atoms with E-state index in [1.807, 2.05) is 38.1 Å². The lowest BCUT2D eigenvalue weighted by atomic mass is 9.94. The van der Waals surface area contributed by atoms with Crippen LogP contribution in [0, 0.1) is 0 Å². The number of methoxy groups -OCH3 is 1. The summed E-state index contributed by atoms with van der Waals surface area (Å²) in [5, 5.41) is 5.91. The van der Waals surface area contributed by atoms with Gasteiger partial charge in [0.25, 0.3) is 0 Å². The van der Waals surface area contributed by atoms with E-state index < -0.39 is 0 Å². The minimum Gasteiger partial charge on any atom is -0.496 e. The molecule has 22 heavy (non-hydrogen) atoms. The highest BCUT2D eigenvalue weighted by Gasteiger charge is 2.23. The maximum absolute atomic E-state index is 12.1. The van der Waals surface area contributed by atoms with Gasteiger partial charge in [-0.2, -0.15) is 0 Å². The molecule has 1 aliphatic heterocycles. The highest BCUT2D eigenvalue weighted by atomic mass is 16.5. The number of rotatable bonds is 6. The molecule has 122 valence electrons. The number of urea groups is 1. The first-order valence-corrected chi connectivity index (χ1v) is 7.80. The van der Waals surface area contributed by atoms with E-state index in [1.54, 1.807) is 7.11 Å². The monoisotopic (exact) mass is 306 g/mol. The average molecular weight is 306 g/mol. The normalized spacial score (nSPS) is 18.0. The van der Waals surface area contributed by atoms with Crippen molar-refractivity contribution in [3.8, 4) is 5.75 Å². The molecule has 0 aromatic heterocycles. The molecule has 1 fully saturated rings. The van der Waals surface area contributed by atoms with Gasteiger partial charge in [0.05, 0.1) is 13.2 Å². The topological polar surface area (TPSA) is 59.6 Å². The molecule has 5 nitrogen and oxygen atoms in total. The second kappa shape index (κ2) is 7.49. The average Bonchev–Trinajstić information content (AvgIpc) is 2.98. The highest BCUT2D eigenvalue weighted by molar-refractivity contribution is 5.74. The van der Waals surface area contributed by atoms with Gasteiger partial charge in [-0.05, 0) is 44.7 Å². The molecule has 1 aromatic carbocycles. The Labute approximate surface area is 132 Å². The summed E-state index contributed by atoms with van der Waals surface area (Å²) in [5.41, 5.74) is 0.712. The van der Waals surface area contributed by atoms with Crippen molar-refractivity contribution in [2.45, 2.75) is 44.8 Å². The molecule has 0 spiro atoms. The fourth-order valence-electron chi connectivity index (χ4n) is 2.73. The summed E-state index contributed by atoms with van der Waals surface area (Å²) in [4.78, 5) is 12.1. The van der Waals surface area contributed by atoms with Crippen LogP contribution in [0.2, 0.25) is 0 Å². The molecule has 0 aliphatic carbocycles. The largest absolute Gasteiger partial charge is 0.496 e. The van der Waals surface area contributed by atoms with E-state index in [1.165, 1.54) is 0 Å². The van der Waals surface area contributed by atoms with Crippen LogP contribution in [0.4, 0.5) is 4.79 Å². The molecular formula is C17H26N2O3. The van der Waals surface area contributed by atoms with Gasteiger partial charge >= 0.3 is 6.03 Å². The standard InChI is InChI=1S/C17H26N2O3/c1-17(2,11-13-7-4-5-9-15(13)21-3)19-16(20)18-12-14-8-6-10-22-14/h4-5,7,9,14H,6,8,10-12H2,1-3H3,(H2,18,19,20)/t14-/m0/s1. The molecule has 0 radical (unpaired) electrons. The minimum atomic E-state index is -0.366. The Morgan fingerprint density at radius 2 is 2.18 bits per heavy atom. The number of ether oxygens (including phenoxy) is 2. The van der Waals surface area contributed by atoms with Crippen LogP contribution in [0.1, 0.15) is 32.3 Å². The van der Waals surface area contributed by atoms with Gasteiger partial charge in [-0.3, -0.25) is 0 Å². The van der Waals surface area contributed by atoms with Crippen LogP contribution in [-0.2, 0) is 11.2 Å². The van der Waals surface area contributed by atoms with Crippen LogP contribution < -0.4 is 15.4 Å². The molecule has 0 unspecified atom stereocenters. The Hall–Kier alpha value is -1.75. The van der Waals surface area contributed by atoms with Gasteiger partial charge < -0.3 is 20.1 Å². The lowest BCUT2D eigenvalue weighted by molar-refractivity contribution is 0.111. The second-order valence-corrected chi connectivity index (χ2v) is 6.34. The predicted molar refractivity (Wildman–Crippen MR) is 86.3 cm³/mol. The first-order valence-electron chi connectivity index (χ1n) is 7.80. The maximum atomic E-state index is 12.1. The lowest BCUT2D eigenvalue weighted by Crippen LogP contribution is -2.50. The molecule has 0 bridgehead atoms. The van der Waals surface area contributed by atoms with E-state index in [2.05, 4.69) is 10.6 Å². The zero-order valence-corrected chi connectivity index (χ0v) is 13.6. The van der Waals surface area contributed by atoms with Gasteiger partial charge in [0.1, 0.15) is 5.75 Å². The smallest absolute Gasteiger partial charge is 0.315 e. The van der Waals surface area contributed by atoms with Crippen LogP contribution in [0.25, 0.3) is 0 Å². The van der Waals surface area contributed by atoms with Gasteiger partial charge in [0.15, 0.2) is 0 Å². The fraction of sp³-hybridized carbons (Fsp3) is 0.588. The summed E-state index contributed by atoms with van der Waals surface area (Å²) in [5.74, 6) is 0.845. The van der Waals surface area contributed by atoms with Crippen molar-refractivity contribution < 1.29 is 14.3 Å². The highest BCUT2D eigenvalue weighted by Crippen LogP contribution is 2.22. The summed E-state index contributed by atoms with van der Waals surface area (Å²) >= 11 is 0. The van der Waals surface area contributed by atoms with Crippen molar-refractivity contribution >= 4 is 6.03 Å². The Kier molecular flexibility index (Phi) is 5.66. The summed E-state index contributed by atoms with van der Waals surface area (Å²) in [6.45, 7) is 5.38. The molecule has 1 aliphatic rings. The van der Waals surface area contributed by atoms with Crippen molar-refractivity contribution in [3.05, 3.63) is 29.8 Å². The van der Waals surface area contributed by atoms with E-state index in [0.29, 0.717) is 13.0 Å². The van der Waals surface area contributed by atoms with Crippen molar-refractivity contribution in [1.29, 1.82) is 0 Å². The van der Waals surface area contributed by atoms with E-state index in [4.69, 9.17) is 9.47 Å². The van der Waals surface area contributed by atoms with Gasteiger partial charge in [-0.25, -0.2) is 4.79 Å². The molecular weight excluding hydrogens is 280 g/mol.